The molecule has 0 aliphatic rings. The monoisotopic (exact) mass is 284 g/mol. The third-order valence-corrected chi connectivity index (χ3v) is 3.24. The van der Waals surface area contributed by atoms with Gasteiger partial charge in [0.25, 0.3) is 0 Å². The number of nitriles is 1. The Bertz CT molecular complexity index is 757. The van der Waals surface area contributed by atoms with Gasteiger partial charge in [-0.3, -0.25) is 4.79 Å². The van der Waals surface area contributed by atoms with Crippen molar-refractivity contribution in [2.45, 2.75) is 13.3 Å². The minimum Gasteiger partial charge on any atom is -0.493 e. The molecule has 5 nitrogen and oxygen atoms in total. The lowest BCUT2D eigenvalue weighted by atomic mass is 10.1. The Labute approximate surface area is 123 Å². The zero-order valence-corrected chi connectivity index (χ0v) is 12.2. The second-order valence-electron chi connectivity index (χ2n) is 4.55. The number of rotatable bonds is 4. The summed E-state index contributed by atoms with van der Waals surface area (Å²) in [4.78, 5) is 11.8. The van der Waals surface area contributed by atoms with Crippen LogP contribution < -0.4 is 14.9 Å². The maximum absolute atomic E-state index is 11.8. The van der Waals surface area contributed by atoms with Gasteiger partial charge in [0.2, 0.25) is 0 Å². The quantitative estimate of drug-likeness (QED) is 0.863. The standard InChI is InChI=1S/C16H16N2O3/c1-11-8-14(19)12(6-7-17)10-18(11)13-4-5-15(20-2)16(9-13)21-3/h4-5,8-10H,6H2,1-3H3. The molecule has 1 aromatic carbocycles. The average Bonchev–Trinajstić information content (AvgIpc) is 2.49. The minimum atomic E-state index is -0.120. The topological polar surface area (TPSA) is 64.2 Å². The maximum Gasteiger partial charge on any atom is 0.186 e. The van der Waals surface area contributed by atoms with Gasteiger partial charge in [-0.2, -0.15) is 5.26 Å². The van der Waals surface area contributed by atoms with E-state index >= 15 is 0 Å². The average molecular weight is 284 g/mol. The molecule has 108 valence electrons. The number of methoxy groups -OCH3 is 2. The van der Waals surface area contributed by atoms with Gasteiger partial charge in [-0.1, -0.05) is 0 Å². The Morgan fingerprint density at radius 1 is 1.19 bits per heavy atom. The molecular formula is C16H16N2O3. The van der Waals surface area contributed by atoms with Crippen molar-refractivity contribution in [2.24, 2.45) is 0 Å². The molecule has 0 bridgehead atoms. The second-order valence-corrected chi connectivity index (χ2v) is 4.55. The maximum atomic E-state index is 11.8. The smallest absolute Gasteiger partial charge is 0.186 e. The SMILES string of the molecule is COc1ccc(-n2cc(CC#N)c(=O)cc2C)cc1OC. The number of pyridine rings is 1. The Hall–Kier alpha value is -2.74. The van der Waals surface area contributed by atoms with E-state index < -0.39 is 0 Å². The molecule has 0 saturated heterocycles. The van der Waals surface area contributed by atoms with Crippen LogP contribution in [0.1, 0.15) is 11.3 Å². The molecule has 0 N–H and O–H groups in total. The molecule has 1 heterocycles. The van der Waals surface area contributed by atoms with E-state index in [0.29, 0.717) is 17.1 Å². The molecule has 0 spiro atoms. The summed E-state index contributed by atoms with van der Waals surface area (Å²) in [5.41, 5.74) is 1.97. The molecule has 0 unspecified atom stereocenters. The van der Waals surface area contributed by atoms with Crippen molar-refractivity contribution < 1.29 is 9.47 Å². The first-order chi connectivity index (χ1) is 10.1. The first kappa shape index (κ1) is 14.7. The van der Waals surface area contributed by atoms with Gasteiger partial charge >= 0.3 is 0 Å². The fraction of sp³-hybridized carbons (Fsp3) is 0.250. The molecule has 5 heteroatoms. The molecule has 0 atom stereocenters. The highest BCUT2D eigenvalue weighted by atomic mass is 16.5. The van der Waals surface area contributed by atoms with Crippen LogP contribution in [0.2, 0.25) is 0 Å². The van der Waals surface area contributed by atoms with Gasteiger partial charge in [0.15, 0.2) is 16.9 Å². The molecular weight excluding hydrogens is 268 g/mol. The summed E-state index contributed by atoms with van der Waals surface area (Å²) < 4.78 is 12.4. The number of aryl methyl sites for hydroxylation is 1. The van der Waals surface area contributed by atoms with E-state index in [-0.39, 0.29) is 11.8 Å². The van der Waals surface area contributed by atoms with E-state index in [9.17, 15) is 4.79 Å². The van der Waals surface area contributed by atoms with Crippen LogP contribution >= 0.6 is 0 Å². The molecule has 21 heavy (non-hydrogen) atoms. The minimum absolute atomic E-state index is 0.0897. The van der Waals surface area contributed by atoms with Crippen LogP contribution in [0.25, 0.3) is 5.69 Å². The van der Waals surface area contributed by atoms with Crippen molar-refractivity contribution in [3.63, 3.8) is 0 Å². The van der Waals surface area contributed by atoms with E-state index in [1.54, 1.807) is 26.5 Å². The number of aromatic nitrogens is 1. The van der Waals surface area contributed by atoms with Crippen molar-refractivity contribution in [1.29, 1.82) is 5.26 Å². The van der Waals surface area contributed by atoms with Crippen LogP contribution in [0.3, 0.4) is 0 Å². The van der Waals surface area contributed by atoms with Gasteiger partial charge in [0, 0.05) is 35.3 Å². The van der Waals surface area contributed by atoms with Crippen molar-refractivity contribution >= 4 is 0 Å². The van der Waals surface area contributed by atoms with Gasteiger partial charge < -0.3 is 14.0 Å². The van der Waals surface area contributed by atoms with Crippen molar-refractivity contribution in [1.82, 2.24) is 4.57 Å². The Balaban J connectivity index is 2.59. The van der Waals surface area contributed by atoms with Crippen molar-refractivity contribution in [3.05, 3.63) is 51.9 Å². The predicted octanol–water partition coefficient (Wildman–Crippen LogP) is 2.23. The van der Waals surface area contributed by atoms with Crippen molar-refractivity contribution in [3.8, 4) is 23.3 Å². The van der Waals surface area contributed by atoms with Gasteiger partial charge in [-0.05, 0) is 19.1 Å². The van der Waals surface area contributed by atoms with Crippen LogP contribution in [0, 0.1) is 18.3 Å². The predicted molar refractivity (Wildman–Crippen MR) is 79.2 cm³/mol. The number of benzene rings is 1. The van der Waals surface area contributed by atoms with Gasteiger partial charge in [-0.15, -0.1) is 0 Å². The van der Waals surface area contributed by atoms with Gasteiger partial charge in [0.05, 0.1) is 26.7 Å². The molecule has 0 aliphatic heterocycles. The fourth-order valence-corrected chi connectivity index (χ4v) is 2.14. The lowest BCUT2D eigenvalue weighted by Crippen LogP contribution is -2.13. The van der Waals surface area contributed by atoms with E-state index in [0.717, 1.165) is 11.4 Å². The Morgan fingerprint density at radius 3 is 2.52 bits per heavy atom. The molecule has 1 aromatic heterocycles. The fourth-order valence-electron chi connectivity index (χ4n) is 2.14. The largest absolute Gasteiger partial charge is 0.493 e. The number of ether oxygens (including phenoxy) is 2. The van der Waals surface area contributed by atoms with E-state index in [1.807, 2.05) is 29.7 Å². The first-order valence-corrected chi connectivity index (χ1v) is 6.42. The summed E-state index contributed by atoms with van der Waals surface area (Å²) >= 11 is 0. The van der Waals surface area contributed by atoms with Crippen molar-refractivity contribution in [2.75, 3.05) is 14.2 Å². The number of hydrogen-bond donors (Lipinski definition) is 0. The summed E-state index contributed by atoms with van der Waals surface area (Å²) in [6.07, 6.45) is 1.79. The van der Waals surface area contributed by atoms with E-state index in [2.05, 4.69) is 0 Å². The zero-order valence-electron chi connectivity index (χ0n) is 12.2. The highest BCUT2D eigenvalue weighted by molar-refractivity contribution is 5.49. The van der Waals surface area contributed by atoms with Crippen LogP contribution in [0.4, 0.5) is 0 Å². The molecule has 0 saturated carbocycles. The lowest BCUT2D eigenvalue weighted by molar-refractivity contribution is 0.355. The van der Waals surface area contributed by atoms with Crippen LogP contribution in [0.15, 0.2) is 35.3 Å². The lowest BCUT2D eigenvalue weighted by Gasteiger charge is -2.14. The molecule has 2 aromatic rings. The van der Waals surface area contributed by atoms with Crippen LogP contribution in [0.5, 0.6) is 11.5 Å². The van der Waals surface area contributed by atoms with E-state index in [4.69, 9.17) is 14.7 Å². The summed E-state index contributed by atoms with van der Waals surface area (Å²) in [6.45, 7) is 1.84. The first-order valence-electron chi connectivity index (χ1n) is 6.42. The molecule has 2 rings (SSSR count). The highest BCUT2D eigenvalue weighted by Crippen LogP contribution is 2.29. The van der Waals surface area contributed by atoms with E-state index in [1.165, 1.54) is 6.07 Å². The summed E-state index contributed by atoms with van der Waals surface area (Å²) in [7, 11) is 3.15. The normalized spacial score (nSPS) is 10.0. The Kier molecular flexibility index (Phi) is 4.29. The summed E-state index contributed by atoms with van der Waals surface area (Å²) in [5, 5.41) is 8.79. The van der Waals surface area contributed by atoms with Crippen LogP contribution in [-0.2, 0) is 6.42 Å². The summed E-state index contributed by atoms with van der Waals surface area (Å²) in [6, 6.07) is 9.03. The highest BCUT2D eigenvalue weighted by Gasteiger charge is 2.09. The molecule has 0 aliphatic carbocycles. The molecule has 0 amide bonds. The Morgan fingerprint density at radius 2 is 1.90 bits per heavy atom. The number of hydrogen-bond acceptors (Lipinski definition) is 4. The van der Waals surface area contributed by atoms with Gasteiger partial charge in [-0.25, -0.2) is 0 Å². The van der Waals surface area contributed by atoms with Crippen LogP contribution in [-0.4, -0.2) is 18.8 Å². The molecule has 0 fully saturated rings. The third-order valence-electron chi connectivity index (χ3n) is 3.24. The van der Waals surface area contributed by atoms with Gasteiger partial charge in [0.1, 0.15) is 0 Å². The number of nitrogens with zero attached hydrogens (tertiary/aromatic N) is 2. The second kappa shape index (κ2) is 6.14. The summed E-state index contributed by atoms with van der Waals surface area (Å²) in [5.74, 6) is 1.24. The molecule has 0 radical (unpaired) electrons. The zero-order chi connectivity index (χ0) is 15.4. The third kappa shape index (κ3) is 2.90.